The number of alkyl halides is 3. The maximum absolute atomic E-state index is 12.9. The van der Waals surface area contributed by atoms with Crippen molar-refractivity contribution in [2.75, 3.05) is 6.61 Å². The first-order chi connectivity index (χ1) is 16.2. The van der Waals surface area contributed by atoms with Gasteiger partial charge in [-0.3, -0.25) is 4.79 Å². The van der Waals surface area contributed by atoms with Gasteiger partial charge < -0.3 is 9.47 Å². The molecule has 1 N–H and O–H groups in total. The Hall–Kier alpha value is -2.79. The molecule has 0 aliphatic heterocycles. The standard InChI is InChI=1S/C24H19ClF3IN2O3/c1-2-33-21-11-15(10-20(29)22(21)34-14-17-6-3-4-9-19(17)25)13-30-31-23(32)16-7-5-8-18(12-16)24(26,27)28/h3-13H,2,14H2,1H3,(H,31,32)/b30-13-. The highest BCUT2D eigenvalue weighted by Crippen LogP contribution is 2.35. The second-order valence-corrected chi connectivity index (χ2v) is 8.49. The van der Waals surface area contributed by atoms with E-state index in [1.807, 2.05) is 25.1 Å². The van der Waals surface area contributed by atoms with Crippen LogP contribution in [0.25, 0.3) is 0 Å². The summed E-state index contributed by atoms with van der Waals surface area (Å²) in [6, 6.07) is 14.9. The van der Waals surface area contributed by atoms with Gasteiger partial charge in [0, 0.05) is 16.1 Å². The number of carbonyl (C=O) groups excluding carboxylic acids is 1. The number of amides is 1. The lowest BCUT2D eigenvalue weighted by Crippen LogP contribution is -2.18. The lowest BCUT2D eigenvalue weighted by atomic mass is 10.1. The summed E-state index contributed by atoms with van der Waals surface area (Å²) in [6.45, 7) is 2.47. The third-order valence-corrected chi connectivity index (χ3v) is 5.66. The van der Waals surface area contributed by atoms with Gasteiger partial charge in [0.2, 0.25) is 0 Å². The van der Waals surface area contributed by atoms with Crippen LogP contribution in [0, 0.1) is 3.57 Å². The molecule has 0 aromatic heterocycles. The highest BCUT2D eigenvalue weighted by molar-refractivity contribution is 14.1. The van der Waals surface area contributed by atoms with Gasteiger partial charge in [-0.05, 0) is 71.5 Å². The average Bonchev–Trinajstić information content (AvgIpc) is 2.79. The molecule has 178 valence electrons. The van der Waals surface area contributed by atoms with E-state index in [0.717, 1.165) is 21.3 Å². The van der Waals surface area contributed by atoms with Crippen molar-refractivity contribution in [3.63, 3.8) is 0 Å². The molecule has 0 aliphatic carbocycles. The van der Waals surface area contributed by atoms with Crippen molar-refractivity contribution in [1.82, 2.24) is 5.43 Å². The van der Waals surface area contributed by atoms with Crippen molar-refractivity contribution in [3.05, 3.63) is 91.5 Å². The third-order valence-electron chi connectivity index (χ3n) is 4.49. The Morgan fingerprint density at radius 3 is 2.59 bits per heavy atom. The number of nitrogens with one attached hydrogen (secondary N) is 1. The van der Waals surface area contributed by atoms with Crippen molar-refractivity contribution in [2.45, 2.75) is 19.7 Å². The lowest BCUT2D eigenvalue weighted by Gasteiger charge is -2.15. The molecule has 1 amide bonds. The molecule has 34 heavy (non-hydrogen) atoms. The van der Waals surface area contributed by atoms with Crippen LogP contribution in [0.5, 0.6) is 11.5 Å². The van der Waals surface area contributed by atoms with E-state index in [0.29, 0.717) is 28.7 Å². The van der Waals surface area contributed by atoms with Crippen molar-refractivity contribution < 1.29 is 27.4 Å². The summed E-state index contributed by atoms with van der Waals surface area (Å²) < 4.78 is 51.0. The second-order valence-electron chi connectivity index (χ2n) is 6.92. The Morgan fingerprint density at radius 2 is 1.88 bits per heavy atom. The van der Waals surface area contributed by atoms with Gasteiger partial charge in [0.25, 0.3) is 5.91 Å². The van der Waals surface area contributed by atoms with Gasteiger partial charge in [-0.1, -0.05) is 35.9 Å². The molecule has 0 radical (unpaired) electrons. The summed E-state index contributed by atoms with van der Waals surface area (Å²) in [5, 5.41) is 4.46. The van der Waals surface area contributed by atoms with Crippen molar-refractivity contribution in [1.29, 1.82) is 0 Å². The van der Waals surface area contributed by atoms with Crippen molar-refractivity contribution in [3.8, 4) is 11.5 Å². The summed E-state index contributed by atoms with van der Waals surface area (Å²) in [4.78, 5) is 12.2. The van der Waals surface area contributed by atoms with Gasteiger partial charge in [0.15, 0.2) is 11.5 Å². The first-order valence-electron chi connectivity index (χ1n) is 10.0. The summed E-state index contributed by atoms with van der Waals surface area (Å²) >= 11 is 8.29. The van der Waals surface area contributed by atoms with Crippen LogP contribution in [0.4, 0.5) is 13.2 Å². The van der Waals surface area contributed by atoms with E-state index in [1.54, 1.807) is 18.2 Å². The largest absolute Gasteiger partial charge is 0.490 e. The van der Waals surface area contributed by atoms with E-state index in [1.165, 1.54) is 18.3 Å². The summed E-state index contributed by atoms with van der Waals surface area (Å²) in [7, 11) is 0. The zero-order chi connectivity index (χ0) is 24.7. The smallest absolute Gasteiger partial charge is 0.416 e. The molecule has 0 saturated heterocycles. The second kappa shape index (κ2) is 11.6. The highest BCUT2D eigenvalue weighted by Gasteiger charge is 2.30. The van der Waals surface area contributed by atoms with E-state index in [4.69, 9.17) is 21.1 Å². The zero-order valence-electron chi connectivity index (χ0n) is 17.8. The fourth-order valence-electron chi connectivity index (χ4n) is 2.90. The molecule has 0 bridgehead atoms. The van der Waals surface area contributed by atoms with Crippen LogP contribution < -0.4 is 14.9 Å². The average molecular weight is 603 g/mol. The van der Waals surface area contributed by atoms with E-state index in [-0.39, 0.29) is 12.2 Å². The first kappa shape index (κ1) is 25.8. The molecule has 3 aromatic carbocycles. The van der Waals surface area contributed by atoms with Gasteiger partial charge in [-0.15, -0.1) is 0 Å². The van der Waals surface area contributed by atoms with E-state index >= 15 is 0 Å². The molecule has 5 nitrogen and oxygen atoms in total. The molecule has 0 heterocycles. The Bertz CT molecular complexity index is 1200. The fourth-order valence-corrected chi connectivity index (χ4v) is 3.87. The molecule has 3 aromatic rings. The van der Waals surface area contributed by atoms with Crippen LogP contribution >= 0.6 is 34.2 Å². The summed E-state index contributed by atoms with van der Waals surface area (Å²) in [5.41, 5.74) is 2.60. The molecule has 0 aliphatic rings. The highest BCUT2D eigenvalue weighted by atomic mass is 127. The summed E-state index contributed by atoms with van der Waals surface area (Å²) in [6.07, 6.45) is -3.17. The Labute approximate surface area is 213 Å². The molecule has 0 fully saturated rings. The number of hydrazone groups is 1. The van der Waals surface area contributed by atoms with Crippen LogP contribution in [-0.4, -0.2) is 18.7 Å². The third kappa shape index (κ3) is 6.86. The Kier molecular flexibility index (Phi) is 8.78. The zero-order valence-corrected chi connectivity index (χ0v) is 20.7. The predicted molar refractivity (Wildman–Crippen MR) is 133 cm³/mol. The molecule has 0 saturated carbocycles. The molecule has 0 atom stereocenters. The topological polar surface area (TPSA) is 59.9 Å². The number of carbonyl (C=O) groups is 1. The summed E-state index contributed by atoms with van der Waals surface area (Å²) in [5.74, 6) is 0.251. The minimum atomic E-state index is -4.54. The fraction of sp³-hybridized carbons (Fsp3) is 0.167. The van der Waals surface area contributed by atoms with Gasteiger partial charge >= 0.3 is 6.18 Å². The van der Waals surface area contributed by atoms with E-state index in [2.05, 4.69) is 33.1 Å². The van der Waals surface area contributed by atoms with Crippen LogP contribution in [0.3, 0.4) is 0 Å². The van der Waals surface area contributed by atoms with E-state index < -0.39 is 17.6 Å². The van der Waals surface area contributed by atoms with Gasteiger partial charge in [0.1, 0.15) is 6.61 Å². The minimum absolute atomic E-state index is 0.153. The maximum Gasteiger partial charge on any atom is 0.416 e. The number of hydrogen-bond acceptors (Lipinski definition) is 4. The normalized spacial score (nSPS) is 11.5. The minimum Gasteiger partial charge on any atom is -0.490 e. The first-order valence-corrected chi connectivity index (χ1v) is 11.5. The Balaban J connectivity index is 1.73. The molecular formula is C24H19ClF3IN2O3. The van der Waals surface area contributed by atoms with Gasteiger partial charge in [0.05, 0.1) is 22.0 Å². The van der Waals surface area contributed by atoms with Crippen molar-refractivity contribution >= 4 is 46.3 Å². The molecule has 3 rings (SSSR count). The SMILES string of the molecule is CCOc1cc(/C=N\NC(=O)c2cccc(C(F)(F)F)c2)cc(I)c1OCc1ccccc1Cl. The molecule has 0 unspecified atom stereocenters. The van der Waals surface area contributed by atoms with Crippen LogP contribution in [0.1, 0.15) is 34.0 Å². The monoisotopic (exact) mass is 602 g/mol. The number of benzene rings is 3. The quantitative estimate of drug-likeness (QED) is 0.177. The number of hydrogen-bond donors (Lipinski definition) is 1. The predicted octanol–water partition coefficient (Wildman–Crippen LogP) is 6.71. The number of rotatable bonds is 8. The molecule has 10 heteroatoms. The van der Waals surface area contributed by atoms with Gasteiger partial charge in [-0.2, -0.15) is 18.3 Å². The number of ether oxygens (including phenoxy) is 2. The van der Waals surface area contributed by atoms with Gasteiger partial charge in [-0.25, -0.2) is 5.43 Å². The van der Waals surface area contributed by atoms with Crippen LogP contribution in [-0.2, 0) is 12.8 Å². The Morgan fingerprint density at radius 1 is 1.12 bits per heavy atom. The number of nitrogens with zero attached hydrogens (tertiary/aromatic N) is 1. The van der Waals surface area contributed by atoms with E-state index in [9.17, 15) is 18.0 Å². The molecular weight excluding hydrogens is 584 g/mol. The van der Waals surface area contributed by atoms with Crippen LogP contribution in [0.2, 0.25) is 5.02 Å². The lowest BCUT2D eigenvalue weighted by molar-refractivity contribution is -0.137. The maximum atomic E-state index is 12.9. The van der Waals surface area contributed by atoms with Crippen LogP contribution in [0.15, 0.2) is 65.8 Å². The number of halogens is 5. The van der Waals surface area contributed by atoms with Crippen molar-refractivity contribution in [2.24, 2.45) is 5.10 Å². The molecule has 0 spiro atoms.